The van der Waals surface area contributed by atoms with Crippen molar-refractivity contribution < 1.29 is 13.9 Å². The Balaban J connectivity index is 1.68. The predicted molar refractivity (Wildman–Crippen MR) is 104 cm³/mol. The lowest BCUT2D eigenvalue weighted by Gasteiger charge is -2.11. The van der Waals surface area contributed by atoms with E-state index in [0.29, 0.717) is 16.4 Å². The number of methoxy groups -OCH3 is 1. The molecule has 0 saturated carbocycles. The van der Waals surface area contributed by atoms with E-state index in [4.69, 9.17) is 4.74 Å². The zero-order chi connectivity index (χ0) is 19.7. The molecule has 1 amide bonds. The summed E-state index contributed by atoms with van der Waals surface area (Å²) in [6, 6.07) is 10.9. The van der Waals surface area contributed by atoms with Gasteiger partial charge in [0, 0.05) is 17.5 Å². The maximum Gasteiger partial charge on any atom is 0.255 e. The summed E-state index contributed by atoms with van der Waals surface area (Å²) in [5.74, 6) is 0.373. The van der Waals surface area contributed by atoms with Gasteiger partial charge < -0.3 is 10.1 Å². The van der Waals surface area contributed by atoms with Crippen molar-refractivity contribution in [2.45, 2.75) is 13.3 Å². The summed E-state index contributed by atoms with van der Waals surface area (Å²) in [4.78, 5) is 13.2. The first kappa shape index (κ1) is 18.1. The van der Waals surface area contributed by atoms with Crippen molar-refractivity contribution in [1.29, 1.82) is 0 Å². The normalized spacial score (nSPS) is 11.0. The van der Waals surface area contributed by atoms with Gasteiger partial charge in [-0.25, -0.2) is 4.39 Å². The van der Waals surface area contributed by atoms with Gasteiger partial charge in [0.15, 0.2) is 5.82 Å². The van der Waals surface area contributed by atoms with Crippen LogP contribution in [-0.4, -0.2) is 32.8 Å². The molecule has 142 valence electrons. The molecule has 2 heterocycles. The Kier molecular flexibility index (Phi) is 4.74. The Hall–Kier alpha value is -3.33. The SMILES string of the molecule is CCc1nnc2sc(-c3ccc(OC)c(NC(=O)c4cccc(F)c4)c3)nn12. The number of anilines is 1. The van der Waals surface area contributed by atoms with E-state index >= 15 is 0 Å². The Morgan fingerprint density at radius 1 is 1.25 bits per heavy atom. The van der Waals surface area contributed by atoms with Gasteiger partial charge in [-0.1, -0.05) is 24.3 Å². The number of nitrogens with zero attached hydrogens (tertiary/aromatic N) is 4. The molecule has 0 aliphatic heterocycles. The van der Waals surface area contributed by atoms with Crippen LogP contribution in [-0.2, 0) is 6.42 Å². The minimum atomic E-state index is -0.472. The van der Waals surface area contributed by atoms with Crippen LogP contribution in [0.25, 0.3) is 15.5 Å². The standard InChI is InChI=1S/C19H16FN5O2S/c1-3-16-22-23-19-25(16)24-18(28-19)12-7-8-15(27-2)14(10-12)21-17(26)11-5-4-6-13(20)9-11/h4-10H,3H2,1-2H3,(H,21,26). The zero-order valence-corrected chi connectivity index (χ0v) is 16.0. The molecule has 28 heavy (non-hydrogen) atoms. The van der Waals surface area contributed by atoms with Crippen molar-refractivity contribution in [3.63, 3.8) is 0 Å². The van der Waals surface area contributed by atoms with Crippen molar-refractivity contribution in [2.75, 3.05) is 12.4 Å². The molecule has 0 saturated heterocycles. The van der Waals surface area contributed by atoms with Gasteiger partial charge in [-0.15, -0.1) is 10.2 Å². The van der Waals surface area contributed by atoms with Crippen LogP contribution >= 0.6 is 11.3 Å². The third-order valence-corrected chi connectivity index (χ3v) is 5.10. The summed E-state index contributed by atoms with van der Waals surface area (Å²) in [6.07, 6.45) is 0.724. The lowest BCUT2D eigenvalue weighted by Crippen LogP contribution is -2.13. The maximum absolute atomic E-state index is 13.4. The maximum atomic E-state index is 13.4. The van der Waals surface area contributed by atoms with Crippen LogP contribution < -0.4 is 10.1 Å². The monoisotopic (exact) mass is 397 g/mol. The van der Waals surface area contributed by atoms with E-state index in [-0.39, 0.29) is 5.56 Å². The van der Waals surface area contributed by atoms with Gasteiger partial charge in [-0.3, -0.25) is 4.79 Å². The summed E-state index contributed by atoms with van der Waals surface area (Å²) in [5.41, 5.74) is 1.49. The Bertz CT molecular complexity index is 1170. The van der Waals surface area contributed by atoms with Crippen LogP contribution in [0.1, 0.15) is 23.1 Å². The summed E-state index contributed by atoms with van der Waals surface area (Å²) >= 11 is 1.40. The Labute approximate surface area is 163 Å². The number of hydrogen-bond acceptors (Lipinski definition) is 6. The van der Waals surface area contributed by atoms with Crippen molar-refractivity contribution in [3.8, 4) is 16.3 Å². The number of aromatic nitrogens is 4. The summed E-state index contributed by atoms with van der Waals surface area (Å²) < 4.78 is 20.5. The van der Waals surface area contributed by atoms with Gasteiger partial charge in [-0.2, -0.15) is 9.61 Å². The highest BCUT2D eigenvalue weighted by molar-refractivity contribution is 7.19. The fourth-order valence-electron chi connectivity index (χ4n) is 2.76. The molecule has 7 nitrogen and oxygen atoms in total. The summed E-state index contributed by atoms with van der Waals surface area (Å²) in [6.45, 7) is 1.99. The van der Waals surface area contributed by atoms with E-state index in [1.54, 1.807) is 22.7 Å². The van der Waals surface area contributed by atoms with E-state index in [0.717, 1.165) is 22.8 Å². The number of rotatable bonds is 5. The first-order valence-corrected chi connectivity index (χ1v) is 9.37. The third kappa shape index (κ3) is 3.31. The van der Waals surface area contributed by atoms with E-state index in [1.165, 1.54) is 36.6 Å². The molecule has 0 radical (unpaired) electrons. The van der Waals surface area contributed by atoms with Crippen molar-refractivity contribution in [1.82, 2.24) is 19.8 Å². The lowest BCUT2D eigenvalue weighted by atomic mass is 10.1. The Morgan fingerprint density at radius 2 is 2.11 bits per heavy atom. The second-order valence-corrected chi connectivity index (χ2v) is 6.91. The number of ether oxygens (including phenoxy) is 1. The van der Waals surface area contributed by atoms with E-state index < -0.39 is 11.7 Å². The van der Waals surface area contributed by atoms with Gasteiger partial charge in [-0.05, 0) is 36.4 Å². The molecule has 0 unspecified atom stereocenters. The molecule has 0 spiro atoms. The quantitative estimate of drug-likeness (QED) is 0.554. The van der Waals surface area contributed by atoms with Crippen LogP contribution in [0.5, 0.6) is 5.75 Å². The van der Waals surface area contributed by atoms with Crippen LogP contribution in [0.2, 0.25) is 0 Å². The number of halogens is 1. The average molecular weight is 397 g/mol. The number of carbonyl (C=O) groups is 1. The average Bonchev–Trinajstić information content (AvgIpc) is 3.28. The highest BCUT2D eigenvalue weighted by Gasteiger charge is 2.15. The van der Waals surface area contributed by atoms with Crippen LogP contribution in [0.15, 0.2) is 42.5 Å². The van der Waals surface area contributed by atoms with E-state index in [9.17, 15) is 9.18 Å². The first-order valence-electron chi connectivity index (χ1n) is 8.55. The molecular weight excluding hydrogens is 381 g/mol. The number of hydrogen-bond donors (Lipinski definition) is 1. The predicted octanol–water partition coefficient (Wildman–Crippen LogP) is 3.82. The van der Waals surface area contributed by atoms with Crippen molar-refractivity contribution in [2.24, 2.45) is 0 Å². The highest BCUT2D eigenvalue weighted by Crippen LogP contribution is 2.33. The number of amides is 1. The largest absolute Gasteiger partial charge is 0.495 e. The van der Waals surface area contributed by atoms with Gasteiger partial charge in [0.2, 0.25) is 4.96 Å². The van der Waals surface area contributed by atoms with Crippen LogP contribution in [0.4, 0.5) is 10.1 Å². The van der Waals surface area contributed by atoms with Crippen LogP contribution in [0.3, 0.4) is 0 Å². The van der Waals surface area contributed by atoms with Gasteiger partial charge >= 0.3 is 0 Å². The molecule has 0 atom stereocenters. The molecule has 4 aromatic rings. The molecule has 2 aromatic heterocycles. The number of carbonyl (C=O) groups excluding carboxylic acids is 1. The van der Waals surface area contributed by atoms with Gasteiger partial charge in [0.25, 0.3) is 5.91 Å². The van der Waals surface area contributed by atoms with Crippen molar-refractivity contribution in [3.05, 3.63) is 59.7 Å². The van der Waals surface area contributed by atoms with Gasteiger partial charge in [0.05, 0.1) is 12.8 Å². The Morgan fingerprint density at radius 3 is 2.86 bits per heavy atom. The fourth-order valence-corrected chi connectivity index (χ4v) is 3.61. The molecular formula is C19H16FN5O2S. The first-order chi connectivity index (χ1) is 13.6. The number of aryl methyl sites for hydroxylation is 1. The lowest BCUT2D eigenvalue weighted by molar-refractivity contribution is 0.102. The minimum absolute atomic E-state index is 0.221. The van der Waals surface area contributed by atoms with Crippen LogP contribution in [0, 0.1) is 5.82 Å². The zero-order valence-electron chi connectivity index (χ0n) is 15.1. The topological polar surface area (TPSA) is 81.4 Å². The fraction of sp³-hybridized carbons (Fsp3) is 0.158. The van der Waals surface area contributed by atoms with Gasteiger partial charge in [0.1, 0.15) is 16.6 Å². The van der Waals surface area contributed by atoms with E-state index in [1.807, 2.05) is 13.0 Å². The molecule has 2 aromatic carbocycles. The molecule has 4 rings (SSSR count). The number of benzene rings is 2. The molecule has 0 bridgehead atoms. The molecule has 1 N–H and O–H groups in total. The second kappa shape index (κ2) is 7.35. The molecule has 0 aliphatic carbocycles. The third-order valence-electron chi connectivity index (χ3n) is 4.15. The number of fused-ring (bicyclic) bond motifs is 1. The van der Waals surface area contributed by atoms with Crippen molar-refractivity contribution >= 4 is 27.9 Å². The van der Waals surface area contributed by atoms with E-state index in [2.05, 4.69) is 20.6 Å². The molecule has 0 aliphatic rings. The molecule has 9 heteroatoms. The minimum Gasteiger partial charge on any atom is -0.495 e. The highest BCUT2D eigenvalue weighted by atomic mass is 32.1. The summed E-state index contributed by atoms with van der Waals surface area (Å²) in [5, 5.41) is 16.3. The second-order valence-electron chi connectivity index (χ2n) is 5.95. The summed E-state index contributed by atoms with van der Waals surface area (Å²) in [7, 11) is 1.52. The number of nitrogens with one attached hydrogen (secondary N) is 1. The smallest absolute Gasteiger partial charge is 0.255 e. The molecule has 0 fully saturated rings.